The average molecular weight is 346 g/mol. The zero-order chi connectivity index (χ0) is 18.1. The van der Waals surface area contributed by atoms with Crippen LogP contribution in [0.5, 0.6) is 0 Å². The summed E-state index contributed by atoms with van der Waals surface area (Å²) in [6.45, 7) is 13.6. The van der Waals surface area contributed by atoms with Gasteiger partial charge in [-0.2, -0.15) is 5.26 Å². The molecule has 0 aromatic heterocycles. The first-order valence-electron chi connectivity index (χ1n) is 9.29. The molecule has 0 N–H and O–H groups in total. The highest BCUT2D eigenvalue weighted by Gasteiger charge is 2.47. The standard InChI is InChI=1S/C20H31NO2Si/c1-13(2)24(14(3)4,15(5)6)23-17-8-7-16(12-21)18-9-10-20(22)19(18)11-17/h11,13-16H,7-10H2,1-6H3. The predicted molar refractivity (Wildman–Crippen MR) is 99.8 cm³/mol. The third kappa shape index (κ3) is 3.24. The Bertz CT molecular complexity index is 586. The van der Waals surface area contributed by atoms with E-state index in [-0.39, 0.29) is 11.7 Å². The Morgan fingerprint density at radius 3 is 2.17 bits per heavy atom. The molecule has 1 unspecified atom stereocenters. The Morgan fingerprint density at radius 1 is 1.08 bits per heavy atom. The van der Waals surface area contributed by atoms with E-state index in [9.17, 15) is 10.1 Å². The molecule has 0 aromatic carbocycles. The van der Waals surface area contributed by atoms with Crippen molar-refractivity contribution in [3.05, 3.63) is 23.0 Å². The Balaban J connectivity index is 2.40. The number of rotatable bonds is 5. The minimum Gasteiger partial charge on any atom is -0.546 e. The first kappa shape index (κ1) is 19.0. The van der Waals surface area contributed by atoms with Gasteiger partial charge in [0, 0.05) is 18.4 Å². The molecule has 0 aliphatic heterocycles. The lowest BCUT2D eigenvalue weighted by Gasteiger charge is -2.43. The number of nitrogens with zero attached hydrogens (tertiary/aromatic N) is 1. The Labute approximate surface area is 147 Å². The van der Waals surface area contributed by atoms with Crippen LogP contribution in [0.3, 0.4) is 0 Å². The summed E-state index contributed by atoms with van der Waals surface area (Å²) >= 11 is 0. The van der Waals surface area contributed by atoms with Gasteiger partial charge in [0.15, 0.2) is 5.78 Å². The van der Waals surface area contributed by atoms with Crippen LogP contribution in [0.15, 0.2) is 23.0 Å². The Hall–Kier alpha value is -1.34. The number of hydrogen-bond donors (Lipinski definition) is 0. The van der Waals surface area contributed by atoms with Crippen LogP contribution >= 0.6 is 0 Å². The number of hydrogen-bond acceptors (Lipinski definition) is 3. The first-order valence-corrected chi connectivity index (χ1v) is 11.4. The molecule has 1 atom stereocenters. The first-order chi connectivity index (χ1) is 11.2. The zero-order valence-corrected chi connectivity index (χ0v) is 17.0. The maximum Gasteiger partial charge on any atom is 0.258 e. The molecule has 0 radical (unpaired) electrons. The van der Waals surface area contributed by atoms with Gasteiger partial charge in [-0.1, -0.05) is 41.5 Å². The largest absolute Gasteiger partial charge is 0.546 e. The van der Waals surface area contributed by atoms with Crippen molar-refractivity contribution < 1.29 is 9.22 Å². The lowest BCUT2D eigenvalue weighted by atomic mass is 9.94. The molecule has 0 heterocycles. The van der Waals surface area contributed by atoms with Crippen LogP contribution in [0, 0.1) is 17.2 Å². The number of carbonyl (C=O) groups excluding carboxylic acids is 1. The van der Waals surface area contributed by atoms with E-state index in [0.29, 0.717) is 23.0 Å². The topological polar surface area (TPSA) is 50.1 Å². The van der Waals surface area contributed by atoms with Crippen molar-refractivity contribution in [2.24, 2.45) is 5.92 Å². The van der Waals surface area contributed by atoms with Crippen LogP contribution < -0.4 is 0 Å². The molecule has 4 heteroatoms. The minimum absolute atomic E-state index is 0.128. The third-order valence-electron chi connectivity index (χ3n) is 5.84. The summed E-state index contributed by atoms with van der Waals surface area (Å²) in [5, 5.41) is 9.48. The number of allylic oxidation sites excluding steroid dienone is 4. The van der Waals surface area contributed by atoms with Crippen molar-refractivity contribution in [1.29, 1.82) is 5.26 Å². The number of Topliss-reactive ketones (excluding diaryl/α,β-unsaturated/α-hetero) is 1. The van der Waals surface area contributed by atoms with Gasteiger partial charge in [0.1, 0.15) is 0 Å². The van der Waals surface area contributed by atoms with Crippen molar-refractivity contribution in [2.75, 3.05) is 0 Å². The number of carbonyl (C=O) groups is 1. The molecule has 0 amide bonds. The van der Waals surface area contributed by atoms with Gasteiger partial charge in [-0.25, -0.2) is 0 Å². The number of nitriles is 1. The highest BCUT2D eigenvalue weighted by atomic mass is 28.4. The molecule has 2 rings (SSSR count). The monoisotopic (exact) mass is 345 g/mol. The maximum atomic E-state index is 12.3. The van der Waals surface area contributed by atoms with Crippen LogP contribution in [0.2, 0.25) is 16.6 Å². The summed E-state index contributed by atoms with van der Waals surface area (Å²) in [5.74, 6) is 0.995. The fourth-order valence-electron chi connectivity index (χ4n) is 4.73. The van der Waals surface area contributed by atoms with E-state index < -0.39 is 8.32 Å². The quantitative estimate of drug-likeness (QED) is 0.604. The van der Waals surface area contributed by atoms with Crippen molar-refractivity contribution in [2.45, 2.75) is 83.8 Å². The highest BCUT2D eigenvalue weighted by molar-refractivity contribution is 6.77. The fourth-order valence-corrected chi connectivity index (χ4v) is 10.1. The summed E-state index contributed by atoms with van der Waals surface area (Å²) in [4.78, 5) is 12.3. The summed E-state index contributed by atoms with van der Waals surface area (Å²) in [6.07, 6.45) is 4.81. The summed E-state index contributed by atoms with van der Waals surface area (Å²) < 4.78 is 6.80. The second kappa shape index (κ2) is 7.27. The SMILES string of the molecule is CC(C)[Si](OC1=CC2=C(CCC2=O)C(C#N)CC1)(C(C)C)C(C)C. The van der Waals surface area contributed by atoms with Crippen LogP contribution in [0.4, 0.5) is 0 Å². The van der Waals surface area contributed by atoms with E-state index in [1.807, 2.05) is 6.08 Å². The zero-order valence-electron chi connectivity index (χ0n) is 16.0. The van der Waals surface area contributed by atoms with E-state index in [0.717, 1.165) is 36.2 Å². The summed E-state index contributed by atoms with van der Waals surface area (Å²) in [7, 11) is -2.02. The van der Waals surface area contributed by atoms with Crippen molar-refractivity contribution in [3.63, 3.8) is 0 Å². The average Bonchev–Trinajstić information content (AvgIpc) is 2.76. The molecule has 2 aliphatic carbocycles. The molecule has 0 fully saturated rings. The van der Waals surface area contributed by atoms with Crippen LogP contribution in [-0.2, 0) is 9.22 Å². The number of ketones is 1. The minimum atomic E-state index is -2.02. The molecule has 0 spiro atoms. The van der Waals surface area contributed by atoms with Gasteiger partial charge in [-0.05, 0) is 41.1 Å². The normalized spacial score (nSPS) is 21.9. The van der Waals surface area contributed by atoms with Crippen LogP contribution in [0.25, 0.3) is 0 Å². The molecule has 0 bridgehead atoms. The molecule has 0 saturated heterocycles. The Morgan fingerprint density at radius 2 is 1.67 bits per heavy atom. The van der Waals surface area contributed by atoms with E-state index >= 15 is 0 Å². The molecular weight excluding hydrogens is 314 g/mol. The highest BCUT2D eigenvalue weighted by Crippen LogP contribution is 2.45. The molecule has 132 valence electrons. The van der Waals surface area contributed by atoms with Gasteiger partial charge in [0.25, 0.3) is 8.32 Å². The lowest BCUT2D eigenvalue weighted by molar-refractivity contribution is -0.114. The van der Waals surface area contributed by atoms with Gasteiger partial charge >= 0.3 is 0 Å². The fraction of sp³-hybridized carbons (Fsp3) is 0.700. The second-order valence-electron chi connectivity index (χ2n) is 8.11. The molecular formula is C20H31NO2Si. The molecule has 0 aromatic rings. The van der Waals surface area contributed by atoms with Gasteiger partial charge in [0.2, 0.25) is 0 Å². The van der Waals surface area contributed by atoms with E-state index in [1.54, 1.807) is 0 Å². The second-order valence-corrected chi connectivity index (χ2v) is 13.5. The van der Waals surface area contributed by atoms with Gasteiger partial charge in [-0.15, -0.1) is 0 Å². The van der Waals surface area contributed by atoms with Crippen LogP contribution in [-0.4, -0.2) is 14.1 Å². The lowest BCUT2D eigenvalue weighted by Crippen LogP contribution is -2.47. The smallest absolute Gasteiger partial charge is 0.258 e. The predicted octanol–water partition coefficient (Wildman–Crippen LogP) is 5.66. The van der Waals surface area contributed by atoms with Crippen molar-refractivity contribution in [1.82, 2.24) is 0 Å². The van der Waals surface area contributed by atoms with Crippen molar-refractivity contribution in [3.8, 4) is 6.07 Å². The van der Waals surface area contributed by atoms with Crippen molar-refractivity contribution >= 4 is 14.1 Å². The van der Waals surface area contributed by atoms with E-state index in [4.69, 9.17) is 4.43 Å². The Kier molecular flexibility index (Phi) is 5.75. The van der Waals surface area contributed by atoms with E-state index in [2.05, 4.69) is 47.6 Å². The van der Waals surface area contributed by atoms with Gasteiger partial charge < -0.3 is 4.43 Å². The van der Waals surface area contributed by atoms with Gasteiger partial charge in [0.05, 0.1) is 17.7 Å². The molecule has 2 aliphatic rings. The summed E-state index contributed by atoms with van der Waals surface area (Å²) in [6, 6.07) is 2.40. The van der Waals surface area contributed by atoms with E-state index in [1.165, 1.54) is 0 Å². The van der Waals surface area contributed by atoms with Crippen LogP contribution in [0.1, 0.15) is 67.2 Å². The molecule has 0 saturated carbocycles. The summed E-state index contributed by atoms with van der Waals surface area (Å²) in [5.41, 5.74) is 3.32. The third-order valence-corrected chi connectivity index (χ3v) is 11.9. The molecule has 3 nitrogen and oxygen atoms in total. The van der Waals surface area contributed by atoms with Gasteiger partial charge in [-0.3, -0.25) is 4.79 Å². The molecule has 24 heavy (non-hydrogen) atoms. The maximum absolute atomic E-state index is 12.3.